The van der Waals surface area contributed by atoms with Crippen LogP contribution in [0.4, 0.5) is 9.18 Å². The minimum absolute atomic E-state index is 0.00237. The van der Waals surface area contributed by atoms with Gasteiger partial charge in [0.2, 0.25) is 5.91 Å². The summed E-state index contributed by atoms with van der Waals surface area (Å²) in [5.41, 5.74) is 0.359. The van der Waals surface area contributed by atoms with Crippen molar-refractivity contribution >= 4 is 22.9 Å². The van der Waals surface area contributed by atoms with Crippen LogP contribution in [0.15, 0.2) is 36.7 Å². The Morgan fingerprint density at radius 2 is 2.24 bits per heavy atom. The molecule has 2 amide bonds. The lowest BCUT2D eigenvalue weighted by Crippen LogP contribution is -2.34. The quantitative estimate of drug-likeness (QED) is 0.856. The Kier molecular flexibility index (Phi) is 5.37. The predicted molar refractivity (Wildman–Crippen MR) is 93.6 cm³/mol. The average molecular weight is 362 g/mol. The average Bonchev–Trinajstić information content (AvgIpc) is 3.20. The van der Waals surface area contributed by atoms with Gasteiger partial charge in [0, 0.05) is 50.3 Å². The normalized spacial score (nSPS) is 15.4. The molecule has 1 N–H and O–H groups in total. The van der Waals surface area contributed by atoms with Crippen LogP contribution in [0.5, 0.6) is 0 Å². The fraction of sp³-hybridized carbons (Fsp3) is 0.353. The Morgan fingerprint density at radius 1 is 1.44 bits per heavy atom. The van der Waals surface area contributed by atoms with E-state index in [1.807, 2.05) is 0 Å². The molecule has 25 heavy (non-hydrogen) atoms. The van der Waals surface area contributed by atoms with E-state index < -0.39 is 11.9 Å². The van der Waals surface area contributed by atoms with E-state index >= 15 is 0 Å². The van der Waals surface area contributed by atoms with E-state index in [-0.39, 0.29) is 17.6 Å². The number of nitrogens with zero attached hydrogens (tertiary/aromatic N) is 3. The molecular weight excluding hydrogens is 343 g/mol. The molecule has 3 rings (SSSR count). The van der Waals surface area contributed by atoms with Crippen molar-refractivity contribution < 1.29 is 14.0 Å². The van der Waals surface area contributed by atoms with Gasteiger partial charge in [-0.15, -0.1) is 0 Å². The zero-order valence-corrected chi connectivity index (χ0v) is 14.6. The van der Waals surface area contributed by atoms with Crippen LogP contribution in [0.3, 0.4) is 0 Å². The molecule has 1 aromatic heterocycles. The molecule has 2 heterocycles. The Bertz CT molecular complexity index is 780. The highest BCUT2D eigenvalue weighted by Gasteiger charge is 2.25. The van der Waals surface area contributed by atoms with Crippen LogP contribution in [0.1, 0.15) is 23.9 Å². The van der Waals surface area contributed by atoms with Gasteiger partial charge in [0.25, 0.3) is 5.24 Å². The maximum absolute atomic E-state index is 14.3. The molecule has 0 spiro atoms. The highest BCUT2D eigenvalue weighted by Crippen LogP contribution is 2.23. The maximum atomic E-state index is 14.3. The molecule has 6 nitrogen and oxygen atoms in total. The smallest absolute Gasteiger partial charge is 0.281 e. The van der Waals surface area contributed by atoms with E-state index in [0.717, 1.165) is 5.75 Å². The zero-order chi connectivity index (χ0) is 17.8. The fourth-order valence-electron chi connectivity index (χ4n) is 2.74. The van der Waals surface area contributed by atoms with Crippen molar-refractivity contribution in [1.82, 2.24) is 19.8 Å². The van der Waals surface area contributed by atoms with Crippen molar-refractivity contribution in [2.75, 3.05) is 18.8 Å². The van der Waals surface area contributed by atoms with Crippen LogP contribution in [-0.4, -0.2) is 44.4 Å². The molecule has 8 heteroatoms. The van der Waals surface area contributed by atoms with Crippen LogP contribution in [0.2, 0.25) is 0 Å². The number of halogens is 1. The first kappa shape index (κ1) is 17.5. The van der Waals surface area contributed by atoms with Crippen molar-refractivity contribution in [2.45, 2.75) is 12.5 Å². The second kappa shape index (κ2) is 7.69. The number of hydrogen-bond acceptors (Lipinski definition) is 4. The van der Waals surface area contributed by atoms with E-state index in [1.54, 1.807) is 47.1 Å². The summed E-state index contributed by atoms with van der Waals surface area (Å²) in [6.45, 7) is 1.02. The van der Waals surface area contributed by atoms with E-state index in [4.69, 9.17) is 0 Å². The third-order valence-electron chi connectivity index (χ3n) is 4.09. The van der Waals surface area contributed by atoms with Crippen molar-refractivity contribution in [1.29, 1.82) is 0 Å². The summed E-state index contributed by atoms with van der Waals surface area (Å²) in [5.74, 6) is 0.653. The van der Waals surface area contributed by atoms with Gasteiger partial charge in [0.05, 0.1) is 0 Å². The summed E-state index contributed by atoms with van der Waals surface area (Å²) in [7, 11) is 1.79. The standard InChI is InChI=1S/C17H19FN4O2S/c1-21-9-7-19-16(21)15(12-4-2-3-5-13(12)18)20-14(23)6-8-22-10-11-25-17(22)24/h2-5,7,9,15H,6,8,10-11H2,1H3,(H,20,23)/t15-/m0/s1. The monoisotopic (exact) mass is 362 g/mol. The molecular formula is C17H19FN4O2S. The Balaban J connectivity index is 1.74. The van der Waals surface area contributed by atoms with E-state index in [0.29, 0.717) is 24.5 Å². The topological polar surface area (TPSA) is 67.2 Å². The summed E-state index contributed by atoms with van der Waals surface area (Å²) < 4.78 is 16.0. The molecule has 0 bridgehead atoms. The third-order valence-corrected chi connectivity index (χ3v) is 4.98. The maximum Gasteiger partial charge on any atom is 0.281 e. The first-order valence-corrected chi connectivity index (χ1v) is 8.97. The Morgan fingerprint density at radius 3 is 2.88 bits per heavy atom. The number of nitrogens with one attached hydrogen (secondary N) is 1. The van der Waals surface area contributed by atoms with Gasteiger partial charge < -0.3 is 14.8 Å². The molecule has 0 radical (unpaired) electrons. The highest BCUT2D eigenvalue weighted by molar-refractivity contribution is 8.13. The van der Waals surface area contributed by atoms with Crippen molar-refractivity contribution in [3.05, 3.63) is 53.9 Å². The minimum Gasteiger partial charge on any atom is -0.342 e. The molecule has 0 unspecified atom stereocenters. The lowest BCUT2D eigenvalue weighted by atomic mass is 10.1. The number of rotatable bonds is 6. The van der Waals surface area contributed by atoms with E-state index in [2.05, 4.69) is 10.3 Å². The first-order chi connectivity index (χ1) is 12.1. The van der Waals surface area contributed by atoms with Crippen molar-refractivity contribution in [3.8, 4) is 0 Å². The summed E-state index contributed by atoms with van der Waals surface area (Å²) in [6.07, 6.45) is 3.52. The molecule has 1 atom stereocenters. The van der Waals surface area contributed by atoms with Crippen LogP contribution in [-0.2, 0) is 11.8 Å². The SMILES string of the molecule is Cn1ccnc1[C@@H](NC(=O)CCN1CCSC1=O)c1ccccc1F. The van der Waals surface area contributed by atoms with Gasteiger partial charge in [-0.2, -0.15) is 0 Å². The number of benzene rings is 1. The van der Waals surface area contributed by atoms with Gasteiger partial charge in [-0.05, 0) is 6.07 Å². The number of aryl methyl sites for hydroxylation is 1. The van der Waals surface area contributed by atoms with Gasteiger partial charge in [-0.3, -0.25) is 9.59 Å². The van der Waals surface area contributed by atoms with Crippen LogP contribution >= 0.6 is 11.8 Å². The predicted octanol–water partition coefficient (Wildman–Crippen LogP) is 2.32. The third kappa shape index (κ3) is 4.01. The molecule has 1 aromatic carbocycles. The molecule has 0 saturated carbocycles. The number of carbonyl (C=O) groups is 2. The summed E-state index contributed by atoms with van der Waals surface area (Å²) >= 11 is 1.26. The van der Waals surface area contributed by atoms with Crippen molar-refractivity contribution in [2.24, 2.45) is 7.05 Å². The van der Waals surface area contributed by atoms with Gasteiger partial charge in [0.1, 0.15) is 17.7 Å². The molecule has 2 aromatic rings. The molecule has 1 aliphatic rings. The van der Waals surface area contributed by atoms with Gasteiger partial charge in [0.15, 0.2) is 0 Å². The highest BCUT2D eigenvalue weighted by atomic mass is 32.2. The van der Waals surface area contributed by atoms with Gasteiger partial charge in [-0.25, -0.2) is 9.37 Å². The molecule has 1 fully saturated rings. The zero-order valence-electron chi connectivity index (χ0n) is 13.8. The number of amides is 2. The van der Waals surface area contributed by atoms with Crippen LogP contribution in [0, 0.1) is 5.82 Å². The summed E-state index contributed by atoms with van der Waals surface area (Å²) in [6, 6.07) is 5.64. The summed E-state index contributed by atoms with van der Waals surface area (Å²) in [4.78, 5) is 29.9. The molecule has 0 aliphatic carbocycles. The molecule has 132 valence electrons. The van der Waals surface area contributed by atoms with Gasteiger partial charge >= 0.3 is 0 Å². The summed E-state index contributed by atoms with van der Waals surface area (Å²) in [5, 5.41) is 2.85. The van der Waals surface area contributed by atoms with Crippen molar-refractivity contribution in [3.63, 3.8) is 0 Å². The molecule has 1 aliphatic heterocycles. The Labute approximate surface area is 149 Å². The number of carbonyl (C=O) groups excluding carboxylic acids is 2. The number of aromatic nitrogens is 2. The van der Waals surface area contributed by atoms with E-state index in [1.165, 1.54) is 17.8 Å². The lowest BCUT2D eigenvalue weighted by molar-refractivity contribution is -0.121. The first-order valence-electron chi connectivity index (χ1n) is 7.99. The second-order valence-corrected chi connectivity index (χ2v) is 6.82. The molecule has 1 saturated heterocycles. The fourth-order valence-corrected chi connectivity index (χ4v) is 3.60. The Hall–Kier alpha value is -2.35. The van der Waals surface area contributed by atoms with Crippen LogP contribution < -0.4 is 5.32 Å². The number of thioether (sulfide) groups is 1. The minimum atomic E-state index is -0.683. The lowest BCUT2D eigenvalue weighted by Gasteiger charge is -2.21. The van der Waals surface area contributed by atoms with Crippen LogP contribution in [0.25, 0.3) is 0 Å². The van der Waals surface area contributed by atoms with E-state index in [9.17, 15) is 14.0 Å². The second-order valence-electron chi connectivity index (χ2n) is 5.77. The number of hydrogen-bond donors (Lipinski definition) is 1. The van der Waals surface area contributed by atoms with Gasteiger partial charge in [-0.1, -0.05) is 30.0 Å². The number of imidazole rings is 1. The largest absolute Gasteiger partial charge is 0.342 e.